The molecule has 0 aliphatic carbocycles. The van der Waals surface area contributed by atoms with Crippen LogP contribution in [0.5, 0.6) is 0 Å². The van der Waals surface area contributed by atoms with Crippen molar-refractivity contribution in [1.29, 1.82) is 0 Å². The third kappa shape index (κ3) is 4.02. The second kappa shape index (κ2) is 6.23. The van der Waals surface area contributed by atoms with Gasteiger partial charge in [-0.3, -0.25) is 5.32 Å². The first-order chi connectivity index (χ1) is 9.85. The molecule has 8 heteroatoms. The Bertz CT molecular complexity index is 695. The molecule has 0 saturated heterocycles. The molecule has 0 bridgehead atoms. The molecule has 0 radical (unpaired) electrons. The lowest BCUT2D eigenvalue weighted by Crippen LogP contribution is -2.19. The third-order valence-electron chi connectivity index (χ3n) is 2.65. The molecular weight excluding hydrogens is 358 g/mol. The summed E-state index contributed by atoms with van der Waals surface area (Å²) in [5.74, 6) is -1.06. The van der Waals surface area contributed by atoms with Gasteiger partial charge in [0, 0.05) is 15.0 Å². The Kier molecular flexibility index (Phi) is 4.59. The molecule has 1 aromatic carbocycles. The highest BCUT2D eigenvalue weighted by Crippen LogP contribution is 2.22. The number of carbonyl (C=O) groups excluding carboxylic acids is 1. The van der Waals surface area contributed by atoms with Gasteiger partial charge in [0.05, 0.1) is 11.3 Å². The van der Waals surface area contributed by atoms with Gasteiger partial charge in [0.15, 0.2) is 5.13 Å². The summed E-state index contributed by atoms with van der Waals surface area (Å²) in [7, 11) is 0. The molecule has 1 heterocycles. The van der Waals surface area contributed by atoms with Crippen LogP contribution in [0, 0.1) is 13.8 Å². The fourth-order valence-electron chi connectivity index (χ4n) is 1.57. The first kappa shape index (κ1) is 15.5. The van der Waals surface area contributed by atoms with Crippen LogP contribution in [-0.4, -0.2) is 22.1 Å². The summed E-state index contributed by atoms with van der Waals surface area (Å²) in [4.78, 5) is 28.1. The first-order valence-electron chi connectivity index (χ1n) is 5.91. The summed E-state index contributed by atoms with van der Waals surface area (Å²) in [5.41, 5.74) is 1.33. The Labute approximate surface area is 133 Å². The number of rotatable bonds is 3. The van der Waals surface area contributed by atoms with Gasteiger partial charge in [-0.15, -0.1) is 11.3 Å². The predicted octanol–water partition coefficient (Wildman–Crippen LogP) is 3.86. The third-order valence-corrected chi connectivity index (χ3v) is 4.10. The van der Waals surface area contributed by atoms with Crippen molar-refractivity contribution in [2.24, 2.45) is 0 Å². The number of aromatic nitrogens is 1. The van der Waals surface area contributed by atoms with E-state index in [4.69, 9.17) is 5.11 Å². The number of carboxylic acid groups (broad SMARTS) is 1. The van der Waals surface area contributed by atoms with Gasteiger partial charge in [-0.25, -0.2) is 14.6 Å². The van der Waals surface area contributed by atoms with Gasteiger partial charge in [0.2, 0.25) is 0 Å². The lowest BCUT2D eigenvalue weighted by Gasteiger charge is -2.07. The van der Waals surface area contributed by atoms with Crippen molar-refractivity contribution in [3.63, 3.8) is 0 Å². The molecule has 0 aliphatic rings. The molecule has 3 N–H and O–H groups in total. The maximum atomic E-state index is 11.9. The molecule has 0 fully saturated rings. The van der Waals surface area contributed by atoms with Crippen molar-refractivity contribution in [3.05, 3.63) is 38.8 Å². The minimum absolute atomic E-state index is 0.0839. The van der Waals surface area contributed by atoms with Gasteiger partial charge < -0.3 is 10.4 Å². The first-order valence-corrected chi connectivity index (χ1v) is 7.52. The minimum Gasteiger partial charge on any atom is -0.478 e. The number of aromatic carboxylic acids is 1. The normalized spacial score (nSPS) is 10.2. The monoisotopic (exact) mass is 369 g/mol. The van der Waals surface area contributed by atoms with Crippen molar-refractivity contribution >= 4 is 50.1 Å². The Hall–Kier alpha value is -1.93. The van der Waals surface area contributed by atoms with Gasteiger partial charge in [-0.2, -0.15) is 0 Å². The average molecular weight is 370 g/mol. The zero-order valence-electron chi connectivity index (χ0n) is 11.2. The molecule has 2 amide bonds. The number of anilines is 2. The summed E-state index contributed by atoms with van der Waals surface area (Å²) >= 11 is 4.58. The highest BCUT2D eigenvalue weighted by Gasteiger charge is 2.10. The van der Waals surface area contributed by atoms with E-state index in [1.165, 1.54) is 23.5 Å². The van der Waals surface area contributed by atoms with Crippen molar-refractivity contribution in [1.82, 2.24) is 4.98 Å². The number of thiazole rings is 1. The van der Waals surface area contributed by atoms with Crippen LogP contribution in [0.1, 0.15) is 20.9 Å². The number of hydrogen-bond donors (Lipinski definition) is 3. The molecule has 21 heavy (non-hydrogen) atoms. The van der Waals surface area contributed by atoms with Crippen molar-refractivity contribution in [3.8, 4) is 0 Å². The highest BCUT2D eigenvalue weighted by molar-refractivity contribution is 9.10. The van der Waals surface area contributed by atoms with Crippen molar-refractivity contribution in [2.45, 2.75) is 13.8 Å². The second-order valence-electron chi connectivity index (χ2n) is 4.27. The second-order valence-corrected chi connectivity index (χ2v) is 6.39. The molecule has 2 rings (SSSR count). The van der Waals surface area contributed by atoms with Crippen molar-refractivity contribution in [2.75, 3.05) is 10.6 Å². The summed E-state index contributed by atoms with van der Waals surface area (Å²) in [6.45, 7) is 3.78. The zero-order chi connectivity index (χ0) is 15.6. The van der Waals surface area contributed by atoms with Gasteiger partial charge in [0.25, 0.3) is 0 Å². The van der Waals surface area contributed by atoms with E-state index in [0.717, 1.165) is 10.6 Å². The quantitative estimate of drug-likeness (QED) is 0.765. The fraction of sp³-hybridized carbons (Fsp3) is 0.154. The minimum atomic E-state index is -1.06. The Morgan fingerprint density at radius 2 is 1.95 bits per heavy atom. The van der Waals surface area contributed by atoms with E-state index >= 15 is 0 Å². The summed E-state index contributed by atoms with van der Waals surface area (Å²) in [5, 5.41) is 14.7. The number of carboxylic acids is 1. The Balaban J connectivity index is 2.10. The van der Waals surface area contributed by atoms with E-state index in [-0.39, 0.29) is 5.56 Å². The lowest BCUT2D eigenvalue weighted by atomic mass is 10.2. The van der Waals surface area contributed by atoms with Crippen LogP contribution in [-0.2, 0) is 0 Å². The molecule has 110 valence electrons. The van der Waals surface area contributed by atoms with Crippen LogP contribution < -0.4 is 10.6 Å². The van der Waals surface area contributed by atoms with Gasteiger partial charge in [-0.1, -0.05) is 15.9 Å². The standard InChI is InChI=1S/C13H12BrN3O3S/c1-6-7(2)21-13(15-6)17-12(20)16-10-4-8(11(18)19)3-9(14)5-10/h3-5H,1-2H3,(H,18,19)(H2,15,16,17,20). The summed E-state index contributed by atoms with van der Waals surface area (Å²) < 4.78 is 0.568. The molecule has 0 atom stereocenters. The number of urea groups is 1. The van der Waals surface area contributed by atoms with Crippen LogP contribution in [0.3, 0.4) is 0 Å². The number of aryl methyl sites for hydroxylation is 2. The van der Waals surface area contributed by atoms with Gasteiger partial charge in [-0.05, 0) is 32.0 Å². The van der Waals surface area contributed by atoms with Crippen LogP contribution in [0.2, 0.25) is 0 Å². The smallest absolute Gasteiger partial charge is 0.335 e. The van der Waals surface area contributed by atoms with Crippen LogP contribution >= 0.6 is 27.3 Å². The molecule has 1 aromatic heterocycles. The zero-order valence-corrected chi connectivity index (χ0v) is 13.6. The van der Waals surface area contributed by atoms with Crippen molar-refractivity contribution < 1.29 is 14.7 Å². The molecule has 6 nitrogen and oxygen atoms in total. The van der Waals surface area contributed by atoms with E-state index in [9.17, 15) is 9.59 Å². The number of amides is 2. The van der Waals surface area contributed by atoms with E-state index < -0.39 is 12.0 Å². The molecule has 2 aromatic rings. The molecule has 0 spiro atoms. The topological polar surface area (TPSA) is 91.3 Å². The largest absolute Gasteiger partial charge is 0.478 e. The van der Waals surface area contributed by atoms with Crippen LogP contribution in [0.15, 0.2) is 22.7 Å². The van der Waals surface area contributed by atoms with Gasteiger partial charge >= 0.3 is 12.0 Å². The number of hydrogen-bond acceptors (Lipinski definition) is 4. The van der Waals surface area contributed by atoms with E-state index in [1.54, 1.807) is 6.07 Å². The van der Waals surface area contributed by atoms with Gasteiger partial charge in [0.1, 0.15) is 0 Å². The van der Waals surface area contributed by atoms with Crippen LogP contribution in [0.25, 0.3) is 0 Å². The maximum absolute atomic E-state index is 11.9. The molecule has 0 unspecified atom stereocenters. The highest BCUT2D eigenvalue weighted by atomic mass is 79.9. The van der Waals surface area contributed by atoms with E-state index in [2.05, 4.69) is 31.5 Å². The summed E-state index contributed by atoms with van der Waals surface area (Å²) in [6.07, 6.45) is 0. The van der Waals surface area contributed by atoms with E-state index in [1.807, 2.05) is 13.8 Å². The molecule has 0 aliphatic heterocycles. The Morgan fingerprint density at radius 1 is 1.24 bits per heavy atom. The number of carbonyl (C=O) groups is 2. The summed E-state index contributed by atoms with van der Waals surface area (Å²) in [6, 6.07) is 3.98. The Morgan fingerprint density at radius 3 is 2.52 bits per heavy atom. The van der Waals surface area contributed by atoms with E-state index in [0.29, 0.717) is 15.3 Å². The van der Waals surface area contributed by atoms with Crippen LogP contribution in [0.4, 0.5) is 15.6 Å². The molecular formula is C13H12BrN3O3S. The number of benzene rings is 1. The SMILES string of the molecule is Cc1nc(NC(=O)Nc2cc(Br)cc(C(=O)O)c2)sc1C. The fourth-order valence-corrected chi connectivity index (χ4v) is 2.87. The number of halogens is 1. The number of nitrogens with one attached hydrogen (secondary N) is 2. The molecule has 0 saturated carbocycles. The average Bonchev–Trinajstić information content (AvgIpc) is 2.66. The predicted molar refractivity (Wildman–Crippen MR) is 85.3 cm³/mol. The number of nitrogens with zero attached hydrogens (tertiary/aromatic N) is 1. The lowest BCUT2D eigenvalue weighted by molar-refractivity contribution is 0.0697. The maximum Gasteiger partial charge on any atom is 0.335 e.